The van der Waals surface area contributed by atoms with Crippen molar-refractivity contribution in [3.63, 3.8) is 0 Å². The van der Waals surface area contributed by atoms with Crippen LogP contribution in [-0.2, 0) is 22.6 Å². The smallest absolute Gasteiger partial charge is 0.151 e. The second-order valence-corrected chi connectivity index (χ2v) is 7.27. The summed E-state index contributed by atoms with van der Waals surface area (Å²) in [6.45, 7) is 0. The van der Waals surface area contributed by atoms with Crippen LogP contribution in [0.5, 0.6) is 0 Å². The van der Waals surface area contributed by atoms with Crippen LogP contribution in [0.4, 0.5) is 0 Å². The quantitative estimate of drug-likeness (QED) is 0.744. The van der Waals surface area contributed by atoms with Crippen molar-refractivity contribution in [2.24, 2.45) is 7.05 Å². The number of aryl methyl sites for hydroxylation is 1. The Morgan fingerprint density at radius 1 is 1.24 bits per heavy atom. The zero-order valence-corrected chi connectivity index (χ0v) is 12.6. The number of fused-ring (bicyclic) bond motifs is 1. The average molecular weight is 301 g/mol. The number of benzene rings is 1. The Labute approximate surface area is 123 Å². The third-order valence-electron chi connectivity index (χ3n) is 3.29. The van der Waals surface area contributed by atoms with Gasteiger partial charge in [-0.2, -0.15) is 0 Å². The summed E-state index contributed by atoms with van der Waals surface area (Å²) in [4.78, 5) is 8.71. The van der Waals surface area contributed by atoms with E-state index >= 15 is 0 Å². The maximum Gasteiger partial charge on any atom is 0.151 e. The van der Waals surface area contributed by atoms with Gasteiger partial charge in [0.2, 0.25) is 0 Å². The molecule has 0 atom stereocenters. The van der Waals surface area contributed by atoms with Gasteiger partial charge < -0.3 is 4.57 Å². The highest BCUT2D eigenvalue weighted by Gasteiger charge is 2.12. The van der Waals surface area contributed by atoms with Gasteiger partial charge in [-0.15, -0.1) is 0 Å². The summed E-state index contributed by atoms with van der Waals surface area (Å²) in [6.07, 6.45) is 4.71. The third kappa shape index (κ3) is 2.80. The number of pyridine rings is 1. The molecule has 0 unspecified atom stereocenters. The maximum absolute atomic E-state index is 11.4. The molecule has 6 heteroatoms. The molecule has 2 aromatic heterocycles. The fraction of sp³-hybridized carbons (Fsp3) is 0.200. The first-order chi connectivity index (χ1) is 9.94. The molecule has 0 amide bonds. The Morgan fingerprint density at radius 2 is 2.05 bits per heavy atom. The van der Waals surface area contributed by atoms with E-state index < -0.39 is 9.84 Å². The van der Waals surface area contributed by atoms with Crippen molar-refractivity contribution in [3.8, 4) is 11.4 Å². The molecule has 0 spiro atoms. The lowest BCUT2D eigenvalue weighted by Gasteiger charge is -2.02. The summed E-state index contributed by atoms with van der Waals surface area (Å²) >= 11 is 0. The number of sulfone groups is 1. The van der Waals surface area contributed by atoms with Crippen LogP contribution in [0.15, 0.2) is 42.7 Å². The van der Waals surface area contributed by atoms with Gasteiger partial charge in [-0.3, -0.25) is 4.98 Å². The lowest BCUT2D eigenvalue weighted by molar-refractivity contribution is 0.601. The third-order valence-corrected chi connectivity index (χ3v) is 4.15. The van der Waals surface area contributed by atoms with E-state index in [9.17, 15) is 8.42 Å². The second-order valence-electron chi connectivity index (χ2n) is 5.13. The number of rotatable bonds is 3. The van der Waals surface area contributed by atoms with Gasteiger partial charge in [0.05, 0.1) is 16.8 Å². The first kappa shape index (κ1) is 13.8. The molecule has 3 aromatic rings. The summed E-state index contributed by atoms with van der Waals surface area (Å²) in [7, 11) is -1.11. The van der Waals surface area contributed by atoms with E-state index in [4.69, 9.17) is 0 Å². The van der Waals surface area contributed by atoms with Crippen molar-refractivity contribution in [1.29, 1.82) is 0 Å². The van der Waals surface area contributed by atoms with E-state index in [2.05, 4.69) is 9.97 Å². The maximum atomic E-state index is 11.4. The Kier molecular flexibility index (Phi) is 3.25. The van der Waals surface area contributed by atoms with Crippen molar-refractivity contribution in [2.75, 3.05) is 6.26 Å². The number of nitrogens with zero attached hydrogens (tertiary/aromatic N) is 3. The van der Waals surface area contributed by atoms with Crippen molar-refractivity contribution in [3.05, 3.63) is 48.3 Å². The van der Waals surface area contributed by atoms with E-state index in [1.54, 1.807) is 12.4 Å². The van der Waals surface area contributed by atoms with Gasteiger partial charge in [-0.05, 0) is 29.8 Å². The molecule has 0 fully saturated rings. The molecule has 5 nitrogen and oxygen atoms in total. The highest BCUT2D eigenvalue weighted by Crippen LogP contribution is 2.24. The summed E-state index contributed by atoms with van der Waals surface area (Å²) in [5.41, 5.74) is 3.44. The number of hydrogen-bond donors (Lipinski definition) is 0. The van der Waals surface area contributed by atoms with Gasteiger partial charge in [0, 0.05) is 31.3 Å². The summed E-state index contributed by atoms with van der Waals surface area (Å²) in [5.74, 6) is 0.844. The van der Waals surface area contributed by atoms with Gasteiger partial charge in [-0.25, -0.2) is 13.4 Å². The van der Waals surface area contributed by atoms with Crippen LogP contribution in [0.1, 0.15) is 5.56 Å². The molecule has 3 rings (SSSR count). The summed E-state index contributed by atoms with van der Waals surface area (Å²) in [5, 5.41) is 0. The number of hydrogen-bond acceptors (Lipinski definition) is 4. The highest BCUT2D eigenvalue weighted by atomic mass is 32.2. The van der Waals surface area contributed by atoms with Crippen LogP contribution in [-0.4, -0.2) is 29.2 Å². The minimum Gasteiger partial charge on any atom is -0.327 e. The van der Waals surface area contributed by atoms with Gasteiger partial charge in [0.1, 0.15) is 5.82 Å². The summed E-state index contributed by atoms with van der Waals surface area (Å²) < 4.78 is 24.8. The van der Waals surface area contributed by atoms with Crippen LogP contribution in [0.25, 0.3) is 22.4 Å². The molecule has 0 aliphatic carbocycles. The minimum atomic E-state index is -3.05. The zero-order valence-electron chi connectivity index (χ0n) is 11.8. The predicted molar refractivity (Wildman–Crippen MR) is 82.5 cm³/mol. The van der Waals surface area contributed by atoms with E-state index in [0.29, 0.717) is 0 Å². The van der Waals surface area contributed by atoms with Crippen molar-refractivity contribution >= 4 is 20.9 Å². The van der Waals surface area contributed by atoms with Crippen LogP contribution < -0.4 is 0 Å². The molecule has 0 saturated carbocycles. The van der Waals surface area contributed by atoms with Gasteiger partial charge in [0.25, 0.3) is 0 Å². The van der Waals surface area contributed by atoms with Gasteiger partial charge in [-0.1, -0.05) is 6.07 Å². The first-order valence-corrected chi connectivity index (χ1v) is 8.53. The van der Waals surface area contributed by atoms with Crippen LogP contribution in [0.2, 0.25) is 0 Å². The highest BCUT2D eigenvalue weighted by molar-refractivity contribution is 7.89. The van der Waals surface area contributed by atoms with E-state index in [1.165, 1.54) is 6.26 Å². The lowest BCUT2D eigenvalue weighted by atomic mass is 10.2. The minimum absolute atomic E-state index is 0.0295. The van der Waals surface area contributed by atoms with Gasteiger partial charge in [0.15, 0.2) is 9.84 Å². The first-order valence-electron chi connectivity index (χ1n) is 6.47. The topological polar surface area (TPSA) is 64.8 Å². The molecule has 0 saturated heterocycles. The molecule has 0 radical (unpaired) electrons. The number of imidazole rings is 1. The molecule has 0 aliphatic rings. The Morgan fingerprint density at radius 3 is 2.71 bits per heavy atom. The molecule has 2 heterocycles. The Bertz CT molecular complexity index is 899. The van der Waals surface area contributed by atoms with Crippen LogP contribution in [0, 0.1) is 0 Å². The Balaban J connectivity index is 2.12. The van der Waals surface area contributed by atoms with Crippen molar-refractivity contribution < 1.29 is 8.42 Å². The average Bonchev–Trinajstić information content (AvgIpc) is 2.75. The molecule has 0 aliphatic heterocycles. The fourth-order valence-electron chi connectivity index (χ4n) is 2.39. The van der Waals surface area contributed by atoms with E-state index in [-0.39, 0.29) is 5.75 Å². The fourth-order valence-corrected chi connectivity index (χ4v) is 3.18. The molecular formula is C15H15N3O2S. The predicted octanol–water partition coefficient (Wildman–Crippen LogP) is 2.18. The molecular weight excluding hydrogens is 286 g/mol. The standard InChI is InChI=1S/C15H15N3O2S/c1-18-14-6-5-11(10-21(2,19)20)8-13(14)17-15(18)12-4-3-7-16-9-12/h3-9H,10H2,1-2H3. The monoisotopic (exact) mass is 301 g/mol. The van der Waals surface area contributed by atoms with Crippen molar-refractivity contribution in [2.45, 2.75) is 5.75 Å². The van der Waals surface area contributed by atoms with Crippen molar-refractivity contribution in [1.82, 2.24) is 14.5 Å². The van der Waals surface area contributed by atoms with E-state index in [0.717, 1.165) is 28.0 Å². The normalized spacial score (nSPS) is 11.9. The number of aromatic nitrogens is 3. The zero-order chi connectivity index (χ0) is 15.0. The van der Waals surface area contributed by atoms with Crippen LogP contribution >= 0.6 is 0 Å². The second kappa shape index (κ2) is 4.96. The molecule has 1 aromatic carbocycles. The molecule has 0 N–H and O–H groups in total. The summed E-state index contributed by atoms with van der Waals surface area (Å²) in [6, 6.07) is 9.38. The van der Waals surface area contributed by atoms with E-state index in [1.807, 2.05) is 41.9 Å². The largest absolute Gasteiger partial charge is 0.327 e. The Hall–Kier alpha value is -2.21. The SMILES string of the molecule is Cn1c(-c2cccnc2)nc2cc(CS(C)(=O)=O)ccc21. The van der Waals surface area contributed by atoms with Gasteiger partial charge >= 0.3 is 0 Å². The molecule has 108 valence electrons. The molecule has 0 bridgehead atoms. The van der Waals surface area contributed by atoms with Crippen LogP contribution in [0.3, 0.4) is 0 Å². The lowest BCUT2D eigenvalue weighted by Crippen LogP contribution is -2.00. The molecule has 21 heavy (non-hydrogen) atoms.